The number of rotatable bonds is 7. The Kier molecular flexibility index (Phi) is 5.99. The second kappa shape index (κ2) is 9.01. The molecule has 0 saturated heterocycles. The molecule has 0 atom stereocenters. The molecule has 4 aromatic rings. The van der Waals surface area contributed by atoms with Crippen LogP contribution >= 0.6 is 11.3 Å². The van der Waals surface area contributed by atoms with Crippen LogP contribution in [0.5, 0.6) is 5.75 Å². The van der Waals surface area contributed by atoms with Gasteiger partial charge in [0.15, 0.2) is 5.13 Å². The number of fused-ring (bicyclic) bond motifs is 1. The number of hydrogen-bond donors (Lipinski definition) is 1. The van der Waals surface area contributed by atoms with Gasteiger partial charge in [0.25, 0.3) is 5.91 Å². The molecule has 0 aliphatic heterocycles. The summed E-state index contributed by atoms with van der Waals surface area (Å²) in [6.07, 6.45) is 0.0555. The molecule has 0 unspecified atom stereocenters. The summed E-state index contributed by atoms with van der Waals surface area (Å²) in [6, 6.07) is 15.0. The summed E-state index contributed by atoms with van der Waals surface area (Å²) < 4.78 is 16.2. The number of furan rings is 1. The third-order valence-electron chi connectivity index (χ3n) is 4.57. The largest absolute Gasteiger partial charge is 0.497 e. The fourth-order valence-electron chi connectivity index (χ4n) is 3.21. The third kappa shape index (κ3) is 4.44. The zero-order valence-electron chi connectivity index (χ0n) is 17.0. The Bertz CT molecular complexity index is 1230. The molecular formula is C23H20N2O5S. The first kappa shape index (κ1) is 20.6. The van der Waals surface area contributed by atoms with Crippen LogP contribution < -0.4 is 10.1 Å². The van der Waals surface area contributed by atoms with Crippen molar-refractivity contribution >= 4 is 39.3 Å². The van der Waals surface area contributed by atoms with Crippen molar-refractivity contribution in [2.45, 2.75) is 13.3 Å². The van der Waals surface area contributed by atoms with Crippen molar-refractivity contribution in [3.63, 3.8) is 0 Å². The summed E-state index contributed by atoms with van der Waals surface area (Å²) in [6.45, 7) is 2.06. The van der Waals surface area contributed by atoms with E-state index in [9.17, 15) is 9.59 Å². The summed E-state index contributed by atoms with van der Waals surface area (Å²) in [5.41, 5.74) is 2.64. The summed E-state index contributed by atoms with van der Waals surface area (Å²) in [7, 11) is 1.58. The maximum absolute atomic E-state index is 13.1. The second-order valence-corrected chi connectivity index (χ2v) is 7.47. The van der Waals surface area contributed by atoms with Gasteiger partial charge < -0.3 is 13.9 Å². The van der Waals surface area contributed by atoms with E-state index in [0.717, 1.165) is 10.9 Å². The first-order valence-electron chi connectivity index (χ1n) is 9.66. The molecule has 0 spiro atoms. The van der Waals surface area contributed by atoms with Crippen LogP contribution in [0.15, 0.2) is 58.3 Å². The average Bonchev–Trinajstić information content (AvgIpc) is 3.38. The molecule has 4 rings (SSSR count). The fraction of sp³-hybridized carbons (Fsp3) is 0.174. The van der Waals surface area contributed by atoms with Crippen molar-refractivity contribution in [3.05, 3.63) is 65.4 Å². The quantitative estimate of drug-likeness (QED) is 0.414. The van der Waals surface area contributed by atoms with Crippen molar-refractivity contribution in [1.82, 2.24) is 4.98 Å². The SMILES string of the molecule is CCOC(=O)Cc1csc(NC(=O)c2oc3cc(OC)ccc3c2-c2ccccc2)n1. The molecule has 2 aromatic heterocycles. The first-order chi connectivity index (χ1) is 15.1. The number of ether oxygens (including phenoxy) is 2. The lowest BCUT2D eigenvalue weighted by atomic mass is 10.0. The number of thiazole rings is 1. The van der Waals surface area contributed by atoms with Gasteiger partial charge in [-0.1, -0.05) is 30.3 Å². The minimum atomic E-state index is -0.425. The van der Waals surface area contributed by atoms with E-state index in [4.69, 9.17) is 13.9 Å². The average molecular weight is 436 g/mol. The van der Waals surface area contributed by atoms with Gasteiger partial charge in [-0.3, -0.25) is 14.9 Å². The van der Waals surface area contributed by atoms with E-state index in [1.807, 2.05) is 42.5 Å². The number of esters is 1. The van der Waals surface area contributed by atoms with Gasteiger partial charge in [-0.2, -0.15) is 0 Å². The van der Waals surface area contributed by atoms with Gasteiger partial charge >= 0.3 is 5.97 Å². The van der Waals surface area contributed by atoms with E-state index in [1.165, 1.54) is 11.3 Å². The number of nitrogens with one attached hydrogen (secondary N) is 1. The number of nitrogens with zero attached hydrogens (tertiary/aromatic N) is 1. The van der Waals surface area contributed by atoms with Crippen LogP contribution in [0.2, 0.25) is 0 Å². The Hall–Kier alpha value is -3.65. The molecule has 2 heterocycles. The first-order valence-corrected chi connectivity index (χ1v) is 10.5. The van der Waals surface area contributed by atoms with Crippen LogP contribution in [-0.4, -0.2) is 30.6 Å². The number of amides is 1. The van der Waals surface area contributed by atoms with Crippen molar-refractivity contribution in [1.29, 1.82) is 0 Å². The number of methoxy groups -OCH3 is 1. The van der Waals surface area contributed by atoms with E-state index < -0.39 is 5.91 Å². The number of benzene rings is 2. The van der Waals surface area contributed by atoms with Crippen molar-refractivity contribution < 1.29 is 23.5 Å². The summed E-state index contributed by atoms with van der Waals surface area (Å²) in [4.78, 5) is 29.1. The Morgan fingerprint density at radius 3 is 2.71 bits per heavy atom. The van der Waals surface area contributed by atoms with E-state index >= 15 is 0 Å². The molecule has 0 bridgehead atoms. The minimum absolute atomic E-state index is 0.0555. The molecule has 0 fully saturated rings. The lowest BCUT2D eigenvalue weighted by Gasteiger charge is -2.04. The van der Waals surface area contributed by atoms with E-state index in [-0.39, 0.29) is 18.2 Å². The number of anilines is 1. The Morgan fingerprint density at radius 2 is 1.97 bits per heavy atom. The van der Waals surface area contributed by atoms with Crippen molar-refractivity contribution in [2.24, 2.45) is 0 Å². The van der Waals surface area contributed by atoms with Gasteiger partial charge in [0.1, 0.15) is 11.3 Å². The maximum atomic E-state index is 13.1. The Balaban J connectivity index is 1.66. The molecule has 1 N–H and O–H groups in total. The summed E-state index contributed by atoms with van der Waals surface area (Å²) >= 11 is 1.23. The molecule has 2 aromatic carbocycles. The highest BCUT2D eigenvalue weighted by atomic mass is 32.1. The maximum Gasteiger partial charge on any atom is 0.311 e. The molecular weight excluding hydrogens is 416 g/mol. The predicted molar refractivity (Wildman–Crippen MR) is 119 cm³/mol. The zero-order valence-corrected chi connectivity index (χ0v) is 17.8. The van der Waals surface area contributed by atoms with Crippen molar-refractivity contribution in [2.75, 3.05) is 19.0 Å². The standard InChI is InChI=1S/C23H20N2O5S/c1-3-29-19(26)11-15-13-31-23(24-15)25-22(27)21-20(14-7-5-4-6-8-14)17-10-9-16(28-2)12-18(17)30-21/h4-10,12-13H,3,11H2,1-2H3,(H,24,25,27). The molecule has 1 amide bonds. The van der Waals surface area contributed by atoms with Crippen LogP contribution in [-0.2, 0) is 16.0 Å². The summed E-state index contributed by atoms with van der Waals surface area (Å²) in [5, 5.41) is 5.67. The van der Waals surface area contributed by atoms with E-state index in [2.05, 4.69) is 10.3 Å². The van der Waals surface area contributed by atoms with Gasteiger partial charge in [0, 0.05) is 22.4 Å². The molecule has 0 aliphatic carbocycles. The zero-order chi connectivity index (χ0) is 21.8. The normalized spacial score (nSPS) is 10.8. The predicted octanol–water partition coefficient (Wildman–Crippen LogP) is 4.92. The van der Waals surface area contributed by atoms with Gasteiger partial charge in [-0.05, 0) is 24.6 Å². The van der Waals surface area contributed by atoms with E-state index in [0.29, 0.717) is 34.3 Å². The molecule has 31 heavy (non-hydrogen) atoms. The Morgan fingerprint density at radius 1 is 1.16 bits per heavy atom. The second-order valence-electron chi connectivity index (χ2n) is 6.61. The van der Waals surface area contributed by atoms with Crippen LogP contribution in [0.4, 0.5) is 5.13 Å². The van der Waals surface area contributed by atoms with Gasteiger partial charge in [0.2, 0.25) is 5.76 Å². The van der Waals surface area contributed by atoms with Crippen molar-refractivity contribution in [3.8, 4) is 16.9 Å². The van der Waals surface area contributed by atoms with E-state index in [1.54, 1.807) is 25.5 Å². The number of aromatic nitrogens is 1. The third-order valence-corrected chi connectivity index (χ3v) is 5.38. The van der Waals surface area contributed by atoms with Gasteiger partial charge in [-0.15, -0.1) is 11.3 Å². The number of hydrogen-bond acceptors (Lipinski definition) is 7. The Labute approximate surface area is 182 Å². The molecule has 158 valence electrons. The topological polar surface area (TPSA) is 90.7 Å². The number of carbonyl (C=O) groups excluding carboxylic acids is 2. The minimum Gasteiger partial charge on any atom is -0.497 e. The molecule has 0 radical (unpaired) electrons. The molecule has 0 saturated carbocycles. The lowest BCUT2D eigenvalue weighted by molar-refractivity contribution is -0.142. The highest BCUT2D eigenvalue weighted by Crippen LogP contribution is 2.37. The molecule has 8 heteroatoms. The lowest BCUT2D eigenvalue weighted by Crippen LogP contribution is -2.12. The van der Waals surface area contributed by atoms with Gasteiger partial charge in [0.05, 0.1) is 25.8 Å². The highest BCUT2D eigenvalue weighted by Gasteiger charge is 2.23. The molecule has 7 nitrogen and oxygen atoms in total. The number of carbonyl (C=O) groups is 2. The van der Waals surface area contributed by atoms with Crippen LogP contribution in [0.1, 0.15) is 23.2 Å². The monoisotopic (exact) mass is 436 g/mol. The fourth-order valence-corrected chi connectivity index (χ4v) is 3.92. The van der Waals surface area contributed by atoms with Crippen LogP contribution in [0, 0.1) is 0 Å². The summed E-state index contributed by atoms with van der Waals surface area (Å²) in [5.74, 6) is 0.0299. The smallest absolute Gasteiger partial charge is 0.311 e. The van der Waals surface area contributed by atoms with Gasteiger partial charge in [-0.25, -0.2) is 4.98 Å². The molecule has 0 aliphatic rings. The highest BCUT2D eigenvalue weighted by molar-refractivity contribution is 7.14. The van der Waals surface area contributed by atoms with Crippen LogP contribution in [0.25, 0.3) is 22.1 Å². The van der Waals surface area contributed by atoms with Crippen LogP contribution in [0.3, 0.4) is 0 Å².